The number of nitrogens with zero attached hydrogens (tertiary/aromatic N) is 2. The fourth-order valence-electron chi connectivity index (χ4n) is 4.32. The zero-order chi connectivity index (χ0) is 21.2. The third-order valence-electron chi connectivity index (χ3n) is 5.81. The van der Waals surface area contributed by atoms with Crippen LogP contribution < -0.4 is 20.7 Å². The van der Waals surface area contributed by atoms with E-state index in [1.165, 1.54) is 38.6 Å². The van der Waals surface area contributed by atoms with Crippen LogP contribution >= 0.6 is 0 Å². The molecule has 1 amide bonds. The van der Waals surface area contributed by atoms with Crippen molar-refractivity contribution in [2.45, 2.75) is 64.6 Å². The molecule has 0 radical (unpaired) electrons. The maximum Gasteiger partial charge on any atom is 0.257 e. The third kappa shape index (κ3) is 6.90. The number of likely N-dealkylation sites (N-methyl/N-ethyl adjacent to an activating group) is 1. The van der Waals surface area contributed by atoms with Crippen molar-refractivity contribution >= 4 is 11.9 Å². The van der Waals surface area contributed by atoms with Crippen LogP contribution in [0.3, 0.4) is 0 Å². The van der Waals surface area contributed by atoms with E-state index in [1.807, 2.05) is 31.2 Å². The number of amides is 1. The monoisotopic (exact) mass is 415 g/mol. The number of hydrogen-bond acceptors (Lipinski definition) is 4. The number of rotatable bonds is 9. The number of ether oxygens (including phenoxy) is 1. The summed E-state index contributed by atoms with van der Waals surface area (Å²) in [6.07, 6.45) is 6.66. The Morgan fingerprint density at radius 2 is 1.97 bits per heavy atom. The van der Waals surface area contributed by atoms with Crippen molar-refractivity contribution in [2.75, 3.05) is 32.8 Å². The molecule has 0 spiro atoms. The van der Waals surface area contributed by atoms with Crippen LogP contribution in [0.5, 0.6) is 5.75 Å². The van der Waals surface area contributed by atoms with Gasteiger partial charge in [-0.05, 0) is 50.8 Å². The van der Waals surface area contributed by atoms with Gasteiger partial charge in [-0.15, -0.1) is 0 Å². The van der Waals surface area contributed by atoms with Gasteiger partial charge in [-0.1, -0.05) is 25.0 Å². The molecule has 7 nitrogen and oxygen atoms in total. The van der Waals surface area contributed by atoms with Crippen LogP contribution in [-0.2, 0) is 11.3 Å². The Balaban J connectivity index is 1.51. The molecule has 0 aromatic heterocycles. The van der Waals surface area contributed by atoms with E-state index in [-0.39, 0.29) is 12.5 Å². The van der Waals surface area contributed by atoms with Crippen LogP contribution in [0.2, 0.25) is 0 Å². The maximum absolute atomic E-state index is 11.6. The molecule has 2 fully saturated rings. The molecule has 166 valence electrons. The number of benzene rings is 1. The van der Waals surface area contributed by atoms with Crippen LogP contribution in [0, 0.1) is 0 Å². The van der Waals surface area contributed by atoms with Crippen molar-refractivity contribution in [3.8, 4) is 5.75 Å². The molecule has 1 saturated heterocycles. The predicted octanol–water partition coefficient (Wildman–Crippen LogP) is 2.27. The summed E-state index contributed by atoms with van der Waals surface area (Å²) in [6, 6.07) is 9.03. The molecule has 1 aliphatic carbocycles. The third-order valence-corrected chi connectivity index (χ3v) is 5.81. The smallest absolute Gasteiger partial charge is 0.257 e. The molecule has 2 aliphatic rings. The van der Waals surface area contributed by atoms with Gasteiger partial charge in [0.25, 0.3) is 5.91 Å². The fraction of sp³-hybridized carbons (Fsp3) is 0.652. The second-order valence-corrected chi connectivity index (χ2v) is 8.15. The van der Waals surface area contributed by atoms with E-state index in [4.69, 9.17) is 9.73 Å². The van der Waals surface area contributed by atoms with Crippen LogP contribution in [-0.4, -0.2) is 61.6 Å². The molecule has 1 aliphatic heterocycles. The maximum atomic E-state index is 11.6. The average molecular weight is 416 g/mol. The summed E-state index contributed by atoms with van der Waals surface area (Å²) in [5.74, 6) is 1.45. The predicted molar refractivity (Wildman–Crippen MR) is 121 cm³/mol. The lowest BCUT2D eigenvalue weighted by Gasteiger charge is -2.24. The van der Waals surface area contributed by atoms with Gasteiger partial charge in [0.2, 0.25) is 0 Å². The number of hydrogen-bond donors (Lipinski definition) is 3. The van der Waals surface area contributed by atoms with E-state index in [0.717, 1.165) is 30.7 Å². The molecule has 1 aromatic rings. The van der Waals surface area contributed by atoms with Gasteiger partial charge >= 0.3 is 0 Å². The summed E-state index contributed by atoms with van der Waals surface area (Å²) in [5, 5.41) is 9.73. The first-order valence-electron chi connectivity index (χ1n) is 11.4. The van der Waals surface area contributed by atoms with Crippen LogP contribution in [0.1, 0.15) is 51.5 Å². The molecule has 1 saturated carbocycles. The molecule has 1 unspecified atom stereocenters. The molecular formula is C23H37N5O2. The normalized spacial score (nSPS) is 20.3. The first-order chi connectivity index (χ1) is 14.7. The Morgan fingerprint density at radius 3 is 2.73 bits per heavy atom. The van der Waals surface area contributed by atoms with Crippen molar-refractivity contribution in [3.63, 3.8) is 0 Å². The van der Waals surface area contributed by atoms with Crippen LogP contribution in [0.25, 0.3) is 0 Å². The van der Waals surface area contributed by atoms with Crippen molar-refractivity contribution < 1.29 is 9.53 Å². The fourth-order valence-corrected chi connectivity index (χ4v) is 4.32. The Hall–Kier alpha value is -2.28. The molecular weight excluding hydrogens is 378 g/mol. The highest BCUT2D eigenvalue weighted by Gasteiger charge is 2.30. The van der Waals surface area contributed by atoms with Gasteiger partial charge in [0.05, 0.1) is 6.54 Å². The Kier molecular flexibility index (Phi) is 8.81. The number of nitrogens with one attached hydrogen (secondary N) is 3. The Labute approximate surface area is 180 Å². The lowest BCUT2D eigenvalue weighted by Crippen LogP contribution is -2.45. The topological polar surface area (TPSA) is 78.0 Å². The Morgan fingerprint density at radius 1 is 1.17 bits per heavy atom. The van der Waals surface area contributed by atoms with Gasteiger partial charge in [-0.2, -0.15) is 0 Å². The molecule has 0 bridgehead atoms. The van der Waals surface area contributed by atoms with E-state index in [9.17, 15) is 4.79 Å². The van der Waals surface area contributed by atoms with Gasteiger partial charge in [-0.25, -0.2) is 4.99 Å². The van der Waals surface area contributed by atoms with E-state index < -0.39 is 0 Å². The molecule has 1 aromatic carbocycles. The molecule has 3 rings (SSSR count). The van der Waals surface area contributed by atoms with Crippen LogP contribution in [0.4, 0.5) is 0 Å². The van der Waals surface area contributed by atoms with Gasteiger partial charge < -0.3 is 20.7 Å². The first kappa shape index (κ1) is 22.4. The molecule has 30 heavy (non-hydrogen) atoms. The number of guanidine groups is 1. The van der Waals surface area contributed by atoms with E-state index >= 15 is 0 Å². The minimum absolute atomic E-state index is 0.0317. The summed E-state index contributed by atoms with van der Waals surface area (Å²) in [5.41, 5.74) is 1.06. The highest BCUT2D eigenvalue weighted by molar-refractivity contribution is 5.80. The lowest BCUT2D eigenvalue weighted by atomic mass is 10.2. The SMILES string of the molecule is CCNC(=O)COc1cccc(CN=C(NCC)NC2CCN(C3CCCC3)C2)c1. The highest BCUT2D eigenvalue weighted by Crippen LogP contribution is 2.26. The summed E-state index contributed by atoms with van der Waals surface area (Å²) >= 11 is 0. The van der Waals surface area contributed by atoms with Crippen molar-refractivity contribution in [2.24, 2.45) is 4.99 Å². The minimum Gasteiger partial charge on any atom is -0.484 e. The van der Waals surface area contributed by atoms with Gasteiger partial charge in [0, 0.05) is 38.3 Å². The molecule has 1 atom stereocenters. The number of carbonyl (C=O) groups excluding carboxylic acids is 1. The van der Waals surface area contributed by atoms with E-state index in [2.05, 4.69) is 27.8 Å². The second-order valence-electron chi connectivity index (χ2n) is 8.15. The van der Waals surface area contributed by atoms with Crippen molar-refractivity contribution in [1.82, 2.24) is 20.9 Å². The van der Waals surface area contributed by atoms with Gasteiger partial charge in [0.15, 0.2) is 12.6 Å². The van der Waals surface area contributed by atoms with E-state index in [1.54, 1.807) is 0 Å². The van der Waals surface area contributed by atoms with E-state index in [0.29, 0.717) is 24.9 Å². The number of likely N-dealkylation sites (tertiary alicyclic amines) is 1. The average Bonchev–Trinajstić information content (AvgIpc) is 3.43. The highest BCUT2D eigenvalue weighted by atomic mass is 16.5. The standard InChI is InChI=1S/C23H37N5O2/c1-3-24-22(29)17-30-21-11-7-8-18(14-21)15-26-23(25-4-2)27-19-12-13-28(16-19)20-9-5-6-10-20/h7-8,11,14,19-20H,3-6,9-10,12-13,15-17H2,1-2H3,(H,24,29)(H2,25,26,27). The van der Waals surface area contributed by atoms with Gasteiger partial charge in [-0.3, -0.25) is 9.69 Å². The summed E-state index contributed by atoms with van der Waals surface area (Å²) < 4.78 is 5.59. The summed E-state index contributed by atoms with van der Waals surface area (Å²) in [6.45, 7) is 8.32. The van der Waals surface area contributed by atoms with Crippen LogP contribution in [0.15, 0.2) is 29.3 Å². The molecule has 1 heterocycles. The number of aliphatic imine (C=N–C) groups is 1. The Bertz CT molecular complexity index is 703. The summed E-state index contributed by atoms with van der Waals surface area (Å²) in [4.78, 5) is 19.0. The van der Waals surface area contributed by atoms with Crippen molar-refractivity contribution in [3.05, 3.63) is 29.8 Å². The molecule has 3 N–H and O–H groups in total. The largest absolute Gasteiger partial charge is 0.484 e. The van der Waals surface area contributed by atoms with Gasteiger partial charge in [0.1, 0.15) is 5.75 Å². The second kappa shape index (κ2) is 11.8. The lowest BCUT2D eigenvalue weighted by molar-refractivity contribution is -0.122. The summed E-state index contributed by atoms with van der Waals surface area (Å²) in [7, 11) is 0. The number of carbonyl (C=O) groups is 1. The first-order valence-corrected chi connectivity index (χ1v) is 11.4. The zero-order valence-corrected chi connectivity index (χ0v) is 18.5. The quantitative estimate of drug-likeness (QED) is 0.426. The minimum atomic E-state index is -0.109. The molecule has 7 heteroatoms. The van der Waals surface area contributed by atoms with Crippen molar-refractivity contribution in [1.29, 1.82) is 0 Å². The zero-order valence-electron chi connectivity index (χ0n) is 18.5.